The largest absolute Gasteiger partial charge is 0.484 e. The van der Waals surface area contributed by atoms with Crippen molar-refractivity contribution in [3.8, 4) is 5.75 Å². The van der Waals surface area contributed by atoms with Crippen molar-refractivity contribution in [1.82, 2.24) is 14.9 Å². The van der Waals surface area contributed by atoms with Crippen LogP contribution in [0.3, 0.4) is 0 Å². The molecule has 0 unspecified atom stereocenters. The Morgan fingerprint density at radius 3 is 2.91 bits per heavy atom. The second kappa shape index (κ2) is 6.43. The lowest BCUT2D eigenvalue weighted by Crippen LogP contribution is -2.58. The number of rotatable bonds is 5. The van der Waals surface area contributed by atoms with Crippen LogP contribution in [-0.2, 0) is 4.79 Å². The van der Waals surface area contributed by atoms with Crippen LogP contribution in [0.25, 0.3) is 0 Å². The first-order valence-electron chi connectivity index (χ1n) is 7.21. The molecule has 0 aliphatic carbocycles. The molecule has 1 amide bonds. The first kappa shape index (κ1) is 14.3. The normalized spacial score (nSPS) is 14.3. The summed E-state index contributed by atoms with van der Waals surface area (Å²) in [5.74, 6) is 1.49. The van der Waals surface area contributed by atoms with Gasteiger partial charge in [0.25, 0.3) is 5.91 Å². The van der Waals surface area contributed by atoms with Gasteiger partial charge in [-0.25, -0.2) is 4.98 Å². The quantitative estimate of drug-likeness (QED) is 0.906. The highest BCUT2D eigenvalue weighted by molar-refractivity contribution is 5.79. The average Bonchev–Trinajstić information content (AvgIpc) is 2.50. The third-order valence-corrected chi connectivity index (χ3v) is 3.59. The Hall–Kier alpha value is -2.63. The number of carbonyl (C=O) groups is 1. The number of aromatic nitrogens is 2. The number of ether oxygens (including phenoxy) is 1. The molecule has 0 atom stereocenters. The summed E-state index contributed by atoms with van der Waals surface area (Å²) in [7, 11) is 0. The molecule has 1 aliphatic heterocycles. The van der Waals surface area contributed by atoms with Crippen LogP contribution in [0, 0.1) is 6.92 Å². The summed E-state index contributed by atoms with van der Waals surface area (Å²) in [4.78, 5) is 22.0. The van der Waals surface area contributed by atoms with E-state index in [9.17, 15) is 4.79 Å². The molecule has 1 N–H and O–H groups in total. The third kappa shape index (κ3) is 3.33. The van der Waals surface area contributed by atoms with Crippen LogP contribution in [0.4, 0.5) is 5.82 Å². The molecule has 3 rings (SSSR count). The van der Waals surface area contributed by atoms with Gasteiger partial charge in [-0.15, -0.1) is 0 Å². The molecule has 114 valence electrons. The number of hydrogen-bond donors (Lipinski definition) is 1. The summed E-state index contributed by atoms with van der Waals surface area (Å²) >= 11 is 0. The van der Waals surface area contributed by atoms with E-state index in [2.05, 4.69) is 15.3 Å². The third-order valence-electron chi connectivity index (χ3n) is 3.59. The Morgan fingerprint density at radius 2 is 2.18 bits per heavy atom. The Kier molecular flexibility index (Phi) is 4.18. The van der Waals surface area contributed by atoms with Crippen molar-refractivity contribution in [2.24, 2.45) is 0 Å². The summed E-state index contributed by atoms with van der Waals surface area (Å²) in [6, 6.07) is 7.90. The molecule has 1 aromatic carbocycles. The van der Waals surface area contributed by atoms with Gasteiger partial charge < -0.3 is 15.0 Å². The van der Waals surface area contributed by atoms with Crippen molar-refractivity contribution >= 4 is 11.7 Å². The highest BCUT2D eigenvalue weighted by Gasteiger charge is 2.30. The van der Waals surface area contributed by atoms with E-state index in [1.165, 1.54) is 0 Å². The van der Waals surface area contributed by atoms with Gasteiger partial charge in [-0.2, -0.15) is 0 Å². The Morgan fingerprint density at radius 1 is 1.36 bits per heavy atom. The number of amides is 1. The van der Waals surface area contributed by atoms with Gasteiger partial charge in [-0.1, -0.05) is 18.2 Å². The molecule has 1 aromatic heterocycles. The predicted molar refractivity (Wildman–Crippen MR) is 82.7 cm³/mol. The van der Waals surface area contributed by atoms with Gasteiger partial charge in [0, 0.05) is 25.5 Å². The van der Waals surface area contributed by atoms with Crippen molar-refractivity contribution in [2.75, 3.05) is 25.0 Å². The number of para-hydroxylation sites is 1. The summed E-state index contributed by atoms with van der Waals surface area (Å²) in [6.45, 7) is 3.35. The van der Waals surface area contributed by atoms with Crippen molar-refractivity contribution in [3.63, 3.8) is 0 Å². The maximum atomic E-state index is 12.1. The molecule has 0 bridgehead atoms. The second-order valence-electron chi connectivity index (χ2n) is 5.28. The zero-order valence-corrected chi connectivity index (χ0v) is 12.4. The highest BCUT2D eigenvalue weighted by atomic mass is 16.5. The van der Waals surface area contributed by atoms with Gasteiger partial charge in [0.2, 0.25) is 0 Å². The summed E-state index contributed by atoms with van der Waals surface area (Å²) in [5.41, 5.74) is 1.03. The fourth-order valence-electron chi connectivity index (χ4n) is 2.31. The molecular formula is C16H18N4O2. The lowest BCUT2D eigenvalue weighted by Gasteiger charge is -2.39. The maximum Gasteiger partial charge on any atom is 0.260 e. The van der Waals surface area contributed by atoms with E-state index >= 15 is 0 Å². The molecule has 0 saturated carbocycles. The summed E-state index contributed by atoms with van der Waals surface area (Å²) in [6.07, 6.45) is 4.94. The van der Waals surface area contributed by atoms with Gasteiger partial charge in [0.05, 0.1) is 12.2 Å². The number of nitrogens with one attached hydrogen (secondary N) is 1. The van der Waals surface area contributed by atoms with Gasteiger partial charge in [-0.05, 0) is 18.6 Å². The van der Waals surface area contributed by atoms with Crippen LogP contribution in [0.15, 0.2) is 42.9 Å². The van der Waals surface area contributed by atoms with Gasteiger partial charge >= 0.3 is 0 Å². The molecule has 2 heterocycles. The number of hydrogen-bond acceptors (Lipinski definition) is 5. The Balaban J connectivity index is 1.43. The van der Waals surface area contributed by atoms with Crippen molar-refractivity contribution in [2.45, 2.75) is 13.0 Å². The zero-order chi connectivity index (χ0) is 15.4. The van der Waals surface area contributed by atoms with E-state index in [1.54, 1.807) is 23.5 Å². The van der Waals surface area contributed by atoms with Crippen LogP contribution in [0.5, 0.6) is 5.75 Å². The lowest BCUT2D eigenvalue weighted by atomic mass is 10.1. The molecular weight excluding hydrogens is 280 g/mol. The van der Waals surface area contributed by atoms with Gasteiger partial charge in [-0.3, -0.25) is 9.78 Å². The molecule has 1 saturated heterocycles. The number of benzene rings is 1. The van der Waals surface area contributed by atoms with Crippen LogP contribution < -0.4 is 10.1 Å². The molecule has 22 heavy (non-hydrogen) atoms. The number of likely N-dealkylation sites (tertiary alicyclic amines) is 1. The van der Waals surface area contributed by atoms with E-state index in [0.717, 1.165) is 17.1 Å². The second-order valence-corrected chi connectivity index (χ2v) is 5.28. The predicted octanol–water partition coefficient (Wildman–Crippen LogP) is 1.49. The molecule has 2 aromatic rings. The van der Waals surface area contributed by atoms with Gasteiger partial charge in [0.15, 0.2) is 6.61 Å². The van der Waals surface area contributed by atoms with Crippen LogP contribution in [-0.4, -0.2) is 46.5 Å². The van der Waals surface area contributed by atoms with Crippen molar-refractivity contribution < 1.29 is 9.53 Å². The number of carbonyl (C=O) groups excluding carboxylic acids is 1. The van der Waals surface area contributed by atoms with Crippen molar-refractivity contribution in [1.29, 1.82) is 0 Å². The smallest absolute Gasteiger partial charge is 0.260 e. The Labute approximate surface area is 129 Å². The van der Waals surface area contributed by atoms with Crippen LogP contribution in [0.2, 0.25) is 0 Å². The van der Waals surface area contributed by atoms with E-state index < -0.39 is 0 Å². The maximum absolute atomic E-state index is 12.1. The summed E-state index contributed by atoms with van der Waals surface area (Å²) < 4.78 is 5.57. The monoisotopic (exact) mass is 298 g/mol. The molecule has 0 spiro atoms. The van der Waals surface area contributed by atoms with E-state index in [0.29, 0.717) is 13.1 Å². The van der Waals surface area contributed by atoms with E-state index in [1.807, 2.05) is 31.2 Å². The molecule has 6 heteroatoms. The summed E-state index contributed by atoms with van der Waals surface area (Å²) in [5, 5.41) is 3.24. The minimum absolute atomic E-state index is 0.000416. The first-order chi connectivity index (χ1) is 10.7. The number of aryl methyl sites for hydroxylation is 1. The minimum Gasteiger partial charge on any atom is -0.484 e. The van der Waals surface area contributed by atoms with Gasteiger partial charge in [0.1, 0.15) is 11.6 Å². The minimum atomic E-state index is 0.000416. The van der Waals surface area contributed by atoms with Crippen molar-refractivity contribution in [3.05, 3.63) is 48.4 Å². The Bertz CT molecular complexity index is 642. The molecule has 1 aliphatic rings. The SMILES string of the molecule is Cc1ccccc1OCC(=O)N1CC(Nc2cnccn2)C1. The fourth-order valence-corrected chi connectivity index (χ4v) is 2.31. The topological polar surface area (TPSA) is 67.3 Å². The highest BCUT2D eigenvalue weighted by Crippen LogP contribution is 2.17. The standard InChI is InChI=1S/C16H18N4O2/c1-12-4-2-3-5-14(12)22-11-16(21)20-9-13(10-20)19-15-8-17-6-7-18-15/h2-8,13H,9-11H2,1H3,(H,18,19). The number of anilines is 1. The zero-order valence-electron chi connectivity index (χ0n) is 12.4. The van der Waals surface area contributed by atoms with Crippen LogP contribution >= 0.6 is 0 Å². The van der Waals surface area contributed by atoms with Crippen LogP contribution in [0.1, 0.15) is 5.56 Å². The van der Waals surface area contributed by atoms with E-state index in [4.69, 9.17) is 4.74 Å². The molecule has 1 fully saturated rings. The number of nitrogens with zero attached hydrogens (tertiary/aromatic N) is 3. The lowest BCUT2D eigenvalue weighted by molar-refractivity contribution is -0.137. The average molecular weight is 298 g/mol. The first-order valence-corrected chi connectivity index (χ1v) is 7.21. The fraction of sp³-hybridized carbons (Fsp3) is 0.312. The van der Waals surface area contributed by atoms with E-state index in [-0.39, 0.29) is 18.6 Å². The molecule has 6 nitrogen and oxygen atoms in total. The molecule has 0 radical (unpaired) electrons.